The van der Waals surface area contributed by atoms with Gasteiger partial charge in [-0.3, -0.25) is 0 Å². The summed E-state index contributed by atoms with van der Waals surface area (Å²) < 4.78 is 0. The Morgan fingerprint density at radius 1 is 0.333 bits per heavy atom. The molecule has 2 fully saturated rings. The van der Waals surface area contributed by atoms with E-state index in [0.717, 1.165) is 0 Å². The van der Waals surface area contributed by atoms with Crippen LogP contribution in [0.3, 0.4) is 0 Å². The van der Waals surface area contributed by atoms with E-state index in [9.17, 15) is 0 Å². The largest absolute Gasteiger partial charge is 2.00 e. The Labute approximate surface area is 275 Å². The van der Waals surface area contributed by atoms with Gasteiger partial charge in [-0.1, -0.05) is 121 Å². The van der Waals surface area contributed by atoms with Crippen LogP contribution in [0.15, 0.2) is 121 Å². The summed E-state index contributed by atoms with van der Waals surface area (Å²) in [7, 11) is -0.818. The molecule has 0 amide bonds. The standard InChI is InChI=1S/2C17H14P.BrH.Pd.Ru/c2*1-3-9-15(10-4-1)18(17-13-7-8-14-17)16-11-5-2-6-12-16;;;/h2*1-14H;1H;;/q;;;2*+2/p-1. The van der Waals surface area contributed by atoms with Crippen molar-refractivity contribution in [1.82, 2.24) is 0 Å². The molecule has 196 valence electrons. The minimum Gasteiger partial charge on any atom is -1.00 e. The van der Waals surface area contributed by atoms with Gasteiger partial charge < -0.3 is 17.0 Å². The molecule has 0 spiro atoms. The number of hydrogen-bond acceptors (Lipinski definition) is 0. The van der Waals surface area contributed by atoms with Crippen molar-refractivity contribution in [1.29, 1.82) is 0 Å². The van der Waals surface area contributed by atoms with Gasteiger partial charge in [-0.15, -0.1) is 0 Å². The maximum atomic E-state index is 2.23. The summed E-state index contributed by atoms with van der Waals surface area (Å²) in [6.45, 7) is 0. The van der Waals surface area contributed by atoms with Crippen LogP contribution >= 0.6 is 15.8 Å². The first kappa shape index (κ1) is 34.7. The molecule has 5 heteroatoms. The second kappa shape index (κ2) is 18.8. The average molecular weight is 786 g/mol. The Bertz CT molecular complexity index is 979. The summed E-state index contributed by atoms with van der Waals surface area (Å²) in [5.74, 6) is 0. The molecule has 0 aliphatic heterocycles. The fourth-order valence-corrected chi connectivity index (χ4v) is 8.84. The summed E-state index contributed by atoms with van der Waals surface area (Å²) in [5, 5.41) is 5.63. The molecule has 0 N–H and O–H groups in total. The number of hydrogen-bond donors (Lipinski definition) is 0. The van der Waals surface area contributed by atoms with Crippen molar-refractivity contribution in [2.75, 3.05) is 0 Å². The van der Waals surface area contributed by atoms with Crippen LogP contribution < -0.4 is 38.2 Å². The van der Waals surface area contributed by atoms with Crippen LogP contribution in [0, 0.1) is 62.7 Å². The normalized spacial score (nSPS) is 15.0. The van der Waals surface area contributed by atoms with Crippen LogP contribution in [-0.2, 0) is 39.9 Å². The SMILES string of the molecule is [Br-].[CH]1[CH][CH][C](P(c2ccccc2)c2ccccc2)[CH]1.[CH]1[CH][CH][C](P(c2ccccc2)c2ccccc2)[CH]1.[Pd+2].[Ru+2]. The molecule has 2 saturated carbocycles. The molecule has 0 aromatic heterocycles. The van der Waals surface area contributed by atoms with Gasteiger partial charge in [-0.05, 0) is 88.4 Å². The van der Waals surface area contributed by atoms with E-state index in [4.69, 9.17) is 0 Å². The maximum absolute atomic E-state index is 2.23. The maximum Gasteiger partial charge on any atom is 2.00 e. The molecule has 0 nitrogen and oxygen atoms in total. The Morgan fingerprint density at radius 3 is 0.744 bits per heavy atom. The van der Waals surface area contributed by atoms with Crippen molar-refractivity contribution < 1.29 is 56.9 Å². The van der Waals surface area contributed by atoms with Gasteiger partial charge >= 0.3 is 39.9 Å². The molecule has 2 aliphatic carbocycles. The molecule has 2 aliphatic rings. The van der Waals surface area contributed by atoms with E-state index in [-0.39, 0.29) is 56.9 Å². The van der Waals surface area contributed by atoms with Crippen LogP contribution in [0.25, 0.3) is 0 Å². The Balaban J connectivity index is 0.000000254. The van der Waals surface area contributed by atoms with E-state index in [1.807, 2.05) is 0 Å². The van der Waals surface area contributed by atoms with Crippen molar-refractivity contribution in [3.05, 3.63) is 184 Å². The third-order valence-electron chi connectivity index (χ3n) is 5.86. The quantitative estimate of drug-likeness (QED) is 0.206. The molecular weight excluding hydrogens is 758 g/mol. The van der Waals surface area contributed by atoms with Gasteiger partial charge in [-0.25, -0.2) is 0 Å². The van der Waals surface area contributed by atoms with E-state index >= 15 is 0 Å². The van der Waals surface area contributed by atoms with Crippen molar-refractivity contribution in [3.63, 3.8) is 0 Å². The summed E-state index contributed by atoms with van der Waals surface area (Å²) >= 11 is 0. The van der Waals surface area contributed by atoms with Crippen molar-refractivity contribution in [2.24, 2.45) is 0 Å². The topological polar surface area (TPSA) is 0 Å². The smallest absolute Gasteiger partial charge is 1.00 e. The van der Waals surface area contributed by atoms with E-state index in [1.165, 1.54) is 32.5 Å². The minimum absolute atomic E-state index is 0. The molecule has 10 radical (unpaired) electrons. The van der Waals surface area contributed by atoms with E-state index in [2.05, 4.69) is 173 Å². The number of benzene rings is 4. The minimum atomic E-state index is -0.409. The second-order valence-corrected chi connectivity index (χ2v) is 12.7. The van der Waals surface area contributed by atoms with Gasteiger partial charge in [-0.2, -0.15) is 0 Å². The summed E-state index contributed by atoms with van der Waals surface area (Å²) in [6, 6.07) is 43.1. The van der Waals surface area contributed by atoms with Gasteiger partial charge in [0.15, 0.2) is 0 Å². The number of rotatable bonds is 6. The Kier molecular flexibility index (Phi) is 16.8. The van der Waals surface area contributed by atoms with Crippen LogP contribution in [-0.4, -0.2) is 0 Å². The third kappa shape index (κ3) is 9.79. The molecule has 0 heterocycles. The summed E-state index contributed by atoms with van der Waals surface area (Å²) in [5.41, 5.74) is 2.84. The molecule has 0 saturated heterocycles. The molecule has 4 aromatic carbocycles. The monoisotopic (exact) mass is 785 g/mol. The third-order valence-corrected chi connectivity index (χ3v) is 10.8. The van der Waals surface area contributed by atoms with Crippen LogP contribution in [0.4, 0.5) is 0 Å². The van der Waals surface area contributed by atoms with E-state index < -0.39 is 15.8 Å². The molecule has 0 bridgehead atoms. The predicted octanol–water partition coefficient (Wildman–Crippen LogP) is 3.96. The fraction of sp³-hybridized carbons (Fsp3) is 0. The summed E-state index contributed by atoms with van der Waals surface area (Å²) in [4.78, 5) is 0. The molecule has 0 unspecified atom stereocenters. The molecule has 39 heavy (non-hydrogen) atoms. The fourth-order valence-electron chi connectivity index (χ4n) is 4.23. The van der Waals surface area contributed by atoms with Crippen molar-refractivity contribution in [2.45, 2.75) is 0 Å². The van der Waals surface area contributed by atoms with Crippen molar-refractivity contribution in [3.8, 4) is 0 Å². The van der Waals surface area contributed by atoms with E-state index in [0.29, 0.717) is 0 Å². The zero-order valence-electron chi connectivity index (χ0n) is 21.1. The van der Waals surface area contributed by atoms with Gasteiger partial charge in [0.25, 0.3) is 0 Å². The molecule has 4 aromatic rings. The first-order valence-corrected chi connectivity index (χ1v) is 14.8. The first-order chi connectivity index (χ1) is 17.9. The molecule has 6 rings (SSSR count). The Hall–Kier alpha value is -0.494. The van der Waals surface area contributed by atoms with Gasteiger partial charge in [0.05, 0.1) is 0 Å². The van der Waals surface area contributed by atoms with Gasteiger partial charge in [0, 0.05) is 11.3 Å². The predicted molar refractivity (Wildman–Crippen MR) is 159 cm³/mol. The number of halogens is 1. The zero-order valence-corrected chi connectivity index (χ0v) is 27.8. The van der Waals surface area contributed by atoms with Crippen LogP contribution in [0.1, 0.15) is 0 Å². The van der Waals surface area contributed by atoms with Crippen molar-refractivity contribution >= 4 is 37.1 Å². The average Bonchev–Trinajstić information content (AvgIpc) is 3.68. The molecular formula is C34H28BrP2PdRu+3. The van der Waals surface area contributed by atoms with Crippen LogP contribution in [0.2, 0.25) is 0 Å². The van der Waals surface area contributed by atoms with Gasteiger partial charge in [0.1, 0.15) is 0 Å². The van der Waals surface area contributed by atoms with Crippen LogP contribution in [0.5, 0.6) is 0 Å². The molecule has 0 atom stereocenters. The zero-order chi connectivity index (χ0) is 24.4. The Morgan fingerprint density at radius 2 is 0.538 bits per heavy atom. The summed E-state index contributed by atoms with van der Waals surface area (Å²) in [6.07, 6.45) is 17.4. The van der Waals surface area contributed by atoms with Gasteiger partial charge in [0.2, 0.25) is 0 Å². The second-order valence-electron chi connectivity index (χ2n) is 8.30. The van der Waals surface area contributed by atoms with E-state index in [1.54, 1.807) is 0 Å². The first-order valence-electron chi connectivity index (χ1n) is 12.1.